The molecular weight excluding hydrogens is 310 g/mol. The fraction of sp³-hybridized carbons (Fsp3) is 0.471. The lowest BCUT2D eigenvalue weighted by Gasteiger charge is -2.18. The van der Waals surface area contributed by atoms with Crippen molar-refractivity contribution in [3.63, 3.8) is 0 Å². The summed E-state index contributed by atoms with van der Waals surface area (Å²) in [7, 11) is 0. The first-order valence-corrected chi connectivity index (χ1v) is 8.77. The number of nitrogens with zero attached hydrogens (tertiary/aromatic N) is 2. The van der Waals surface area contributed by atoms with Crippen LogP contribution in [-0.2, 0) is 9.59 Å². The summed E-state index contributed by atoms with van der Waals surface area (Å²) in [5, 5.41) is 3.98. The van der Waals surface area contributed by atoms with E-state index in [-0.39, 0.29) is 30.2 Å². The molecular formula is C17H21N3O2S. The third-order valence-corrected chi connectivity index (χ3v) is 5.24. The number of hydrogen-bond acceptors (Lipinski definition) is 4. The maximum absolute atomic E-state index is 12.3. The standard InChI is InChI=1S/C17H21N3O2S/c1-4-10(2)18-17(22)12-7-16(21)20(9-12)13-5-6-15-14(8-13)19-11(3)23-15/h5-6,8,10,12H,4,7,9H2,1-3H3,(H,18,22). The summed E-state index contributed by atoms with van der Waals surface area (Å²) in [6.07, 6.45) is 1.16. The van der Waals surface area contributed by atoms with Crippen molar-refractivity contribution < 1.29 is 9.59 Å². The van der Waals surface area contributed by atoms with Crippen molar-refractivity contribution in [3.05, 3.63) is 23.2 Å². The molecule has 0 bridgehead atoms. The molecule has 0 spiro atoms. The molecule has 6 heteroatoms. The van der Waals surface area contributed by atoms with Gasteiger partial charge in [-0.15, -0.1) is 11.3 Å². The number of rotatable bonds is 4. The maximum Gasteiger partial charge on any atom is 0.227 e. The topological polar surface area (TPSA) is 62.3 Å². The minimum atomic E-state index is -0.274. The van der Waals surface area contributed by atoms with E-state index < -0.39 is 0 Å². The largest absolute Gasteiger partial charge is 0.353 e. The summed E-state index contributed by atoms with van der Waals surface area (Å²) >= 11 is 1.64. The molecule has 1 aromatic heterocycles. The van der Waals surface area contributed by atoms with Crippen LogP contribution in [0.1, 0.15) is 31.7 Å². The second-order valence-corrected chi connectivity index (χ2v) is 7.34. The van der Waals surface area contributed by atoms with Gasteiger partial charge >= 0.3 is 0 Å². The number of carbonyl (C=O) groups excluding carboxylic acids is 2. The number of benzene rings is 1. The number of aromatic nitrogens is 1. The van der Waals surface area contributed by atoms with Gasteiger partial charge in [0.2, 0.25) is 11.8 Å². The predicted octanol–water partition coefficient (Wildman–Crippen LogP) is 2.87. The summed E-state index contributed by atoms with van der Waals surface area (Å²) in [6, 6.07) is 6.01. The Morgan fingerprint density at radius 1 is 1.52 bits per heavy atom. The Bertz CT molecular complexity index is 755. The van der Waals surface area contributed by atoms with E-state index in [1.165, 1.54) is 0 Å². The molecule has 1 aliphatic heterocycles. The van der Waals surface area contributed by atoms with E-state index in [1.54, 1.807) is 16.2 Å². The van der Waals surface area contributed by atoms with E-state index in [1.807, 2.05) is 39.0 Å². The van der Waals surface area contributed by atoms with E-state index in [0.717, 1.165) is 27.3 Å². The number of anilines is 1. The monoisotopic (exact) mass is 331 g/mol. The van der Waals surface area contributed by atoms with Crippen molar-refractivity contribution in [2.75, 3.05) is 11.4 Å². The molecule has 3 rings (SSSR count). The van der Waals surface area contributed by atoms with Crippen molar-refractivity contribution in [2.24, 2.45) is 5.92 Å². The zero-order chi connectivity index (χ0) is 16.6. The minimum absolute atomic E-state index is 0.000558. The third kappa shape index (κ3) is 3.22. The SMILES string of the molecule is CCC(C)NC(=O)C1CC(=O)N(c2ccc3sc(C)nc3c2)C1. The van der Waals surface area contributed by atoms with Crippen LogP contribution >= 0.6 is 11.3 Å². The second-order valence-electron chi connectivity index (χ2n) is 6.11. The van der Waals surface area contributed by atoms with Gasteiger partial charge in [-0.25, -0.2) is 4.98 Å². The van der Waals surface area contributed by atoms with Gasteiger partial charge in [-0.1, -0.05) is 6.92 Å². The van der Waals surface area contributed by atoms with Gasteiger partial charge in [-0.3, -0.25) is 9.59 Å². The van der Waals surface area contributed by atoms with E-state index in [4.69, 9.17) is 0 Å². The van der Waals surface area contributed by atoms with Crippen LogP contribution in [-0.4, -0.2) is 29.4 Å². The molecule has 1 saturated heterocycles. The summed E-state index contributed by atoms with van der Waals surface area (Å²) < 4.78 is 1.11. The Morgan fingerprint density at radius 3 is 3.04 bits per heavy atom. The number of amides is 2. The van der Waals surface area contributed by atoms with E-state index in [0.29, 0.717) is 6.54 Å². The molecule has 2 unspecified atom stereocenters. The summed E-state index contributed by atoms with van der Waals surface area (Å²) in [5.41, 5.74) is 1.73. The number of carbonyl (C=O) groups is 2. The van der Waals surface area contributed by atoms with Gasteiger partial charge in [-0.2, -0.15) is 0 Å². The normalized spacial score (nSPS) is 19.3. The average Bonchev–Trinajstić information content (AvgIpc) is 3.08. The Balaban J connectivity index is 1.77. The number of hydrogen-bond donors (Lipinski definition) is 1. The maximum atomic E-state index is 12.3. The zero-order valence-electron chi connectivity index (χ0n) is 13.6. The van der Waals surface area contributed by atoms with Crippen molar-refractivity contribution in [1.29, 1.82) is 0 Å². The first-order chi connectivity index (χ1) is 11.0. The van der Waals surface area contributed by atoms with Crippen LogP contribution in [0, 0.1) is 12.8 Å². The van der Waals surface area contributed by atoms with Crippen molar-refractivity contribution >= 4 is 39.1 Å². The predicted molar refractivity (Wildman–Crippen MR) is 92.7 cm³/mol. The van der Waals surface area contributed by atoms with E-state index >= 15 is 0 Å². The highest BCUT2D eigenvalue weighted by Gasteiger charge is 2.35. The second kappa shape index (κ2) is 6.28. The molecule has 2 heterocycles. The van der Waals surface area contributed by atoms with Crippen LogP contribution in [0.25, 0.3) is 10.2 Å². The molecule has 0 radical (unpaired) electrons. The molecule has 23 heavy (non-hydrogen) atoms. The number of aryl methyl sites for hydroxylation is 1. The van der Waals surface area contributed by atoms with Crippen LogP contribution in [0.15, 0.2) is 18.2 Å². The molecule has 122 valence electrons. The number of fused-ring (bicyclic) bond motifs is 1. The summed E-state index contributed by atoms with van der Waals surface area (Å²) in [5.74, 6) is -0.300. The van der Waals surface area contributed by atoms with Gasteiger partial charge in [0.1, 0.15) is 0 Å². The lowest BCUT2D eigenvalue weighted by atomic mass is 10.1. The molecule has 2 atom stereocenters. The lowest BCUT2D eigenvalue weighted by molar-refractivity contribution is -0.126. The smallest absolute Gasteiger partial charge is 0.227 e. The first-order valence-electron chi connectivity index (χ1n) is 7.96. The van der Waals surface area contributed by atoms with E-state index in [9.17, 15) is 9.59 Å². The average molecular weight is 331 g/mol. The highest BCUT2D eigenvalue weighted by atomic mass is 32.1. The van der Waals surface area contributed by atoms with Gasteiger partial charge in [0.05, 0.1) is 21.1 Å². The van der Waals surface area contributed by atoms with Gasteiger partial charge in [-0.05, 0) is 38.5 Å². The fourth-order valence-electron chi connectivity index (χ4n) is 2.79. The molecule has 0 saturated carbocycles. The lowest BCUT2D eigenvalue weighted by Crippen LogP contribution is -2.38. The summed E-state index contributed by atoms with van der Waals surface area (Å²) in [6.45, 7) is 6.42. The first kappa shape index (κ1) is 15.9. The zero-order valence-corrected chi connectivity index (χ0v) is 14.4. The quantitative estimate of drug-likeness (QED) is 0.937. The van der Waals surface area contributed by atoms with Gasteiger partial charge in [0, 0.05) is 24.7 Å². The van der Waals surface area contributed by atoms with Gasteiger partial charge in [0.15, 0.2) is 0 Å². The Labute approximate surface area is 139 Å². The van der Waals surface area contributed by atoms with Gasteiger partial charge in [0.25, 0.3) is 0 Å². The highest BCUT2D eigenvalue weighted by Crippen LogP contribution is 2.30. The third-order valence-electron chi connectivity index (χ3n) is 4.29. The molecule has 2 amide bonds. The molecule has 2 aromatic rings. The number of thiazole rings is 1. The molecule has 0 aliphatic carbocycles. The Hall–Kier alpha value is -1.95. The van der Waals surface area contributed by atoms with Crippen LogP contribution in [0.5, 0.6) is 0 Å². The van der Waals surface area contributed by atoms with Gasteiger partial charge < -0.3 is 10.2 Å². The number of nitrogens with one attached hydrogen (secondary N) is 1. The Kier molecular flexibility index (Phi) is 4.35. The minimum Gasteiger partial charge on any atom is -0.353 e. The van der Waals surface area contributed by atoms with Crippen molar-refractivity contribution in [1.82, 2.24) is 10.3 Å². The van der Waals surface area contributed by atoms with Crippen molar-refractivity contribution in [2.45, 2.75) is 39.7 Å². The molecule has 1 N–H and O–H groups in total. The van der Waals surface area contributed by atoms with E-state index in [2.05, 4.69) is 10.3 Å². The summed E-state index contributed by atoms with van der Waals surface area (Å²) in [4.78, 5) is 30.7. The molecule has 5 nitrogen and oxygen atoms in total. The van der Waals surface area contributed by atoms with Crippen LogP contribution in [0.4, 0.5) is 5.69 Å². The van der Waals surface area contributed by atoms with Crippen molar-refractivity contribution in [3.8, 4) is 0 Å². The Morgan fingerprint density at radius 2 is 2.30 bits per heavy atom. The highest BCUT2D eigenvalue weighted by molar-refractivity contribution is 7.18. The van der Waals surface area contributed by atoms with Crippen LogP contribution in [0.3, 0.4) is 0 Å². The molecule has 1 aliphatic rings. The fourth-order valence-corrected chi connectivity index (χ4v) is 3.60. The molecule has 1 aromatic carbocycles. The van der Waals surface area contributed by atoms with Crippen LogP contribution in [0.2, 0.25) is 0 Å². The molecule has 1 fully saturated rings. The van der Waals surface area contributed by atoms with Crippen LogP contribution < -0.4 is 10.2 Å².